The van der Waals surface area contributed by atoms with E-state index in [9.17, 15) is 55.9 Å². The molecule has 3 heterocycles. The van der Waals surface area contributed by atoms with Gasteiger partial charge in [0.2, 0.25) is 6.29 Å². The number of aliphatic hydroxyl groups excluding tert-OH is 9. The van der Waals surface area contributed by atoms with E-state index in [0.717, 1.165) is 12.3 Å². The predicted molar refractivity (Wildman–Crippen MR) is 152 cm³/mol. The van der Waals surface area contributed by atoms with Crippen molar-refractivity contribution < 1.29 is 84.3 Å². The molecular formula is C30H38O17. The van der Waals surface area contributed by atoms with E-state index in [4.69, 9.17) is 28.4 Å². The lowest BCUT2D eigenvalue weighted by Gasteiger charge is -2.48. The molecule has 0 aromatic heterocycles. The molecule has 0 saturated carbocycles. The van der Waals surface area contributed by atoms with E-state index in [1.165, 1.54) is 30.4 Å². The number of aromatic hydroxyl groups is 1. The molecule has 260 valence electrons. The SMILES string of the molecule is O=C(C=Cc1ccc(O)cc1)OC[C@H]1O[C@@H](O[C@@]23C=CO[C@@H](O[C@@H]4O[C@H](CO)[C@@H](O)[C@H](O)[C@H]4O)[C@@H]2C(CO)=C[C@H]3O)[C@H](O)[C@@H](O)[C@@H]1O. The van der Waals surface area contributed by atoms with Gasteiger partial charge in [0.05, 0.1) is 25.4 Å². The Hall–Kier alpha value is -3.01. The maximum Gasteiger partial charge on any atom is 0.330 e. The van der Waals surface area contributed by atoms with E-state index >= 15 is 0 Å². The summed E-state index contributed by atoms with van der Waals surface area (Å²) in [5.74, 6) is -2.03. The summed E-state index contributed by atoms with van der Waals surface area (Å²) in [6.07, 6.45) is -14.0. The lowest BCUT2D eigenvalue weighted by atomic mass is 9.82. The van der Waals surface area contributed by atoms with Crippen LogP contribution in [0.5, 0.6) is 5.75 Å². The number of hydrogen-bond donors (Lipinski definition) is 10. The fraction of sp³-hybridized carbons (Fsp3) is 0.567. The van der Waals surface area contributed by atoms with E-state index in [2.05, 4.69) is 0 Å². The molecule has 0 unspecified atom stereocenters. The molecule has 0 radical (unpaired) electrons. The van der Waals surface area contributed by atoms with Crippen molar-refractivity contribution in [3.63, 3.8) is 0 Å². The van der Waals surface area contributed by atoms with Gasteiger partial charge in [-0.2, -0.15) is 0 Å². The van der Waals surface area contributed by atoms with Gasteiger partial charge in [0, 0.05) is 6.08 Å². The summed E-state index contributed by atoms with van der Waals surface area (Å²) in [6, 6.07) is 5.95. The van der Waals surface area contributed by atoms with E-state index in [1.807, 2.05) is 0 Å². The number of phenols is 1. The standard InChI is InChI=1S/C30H38O17/c31-10-14-9-18(34)30(7-8-42-27(20(14)30)46-28-25(40)23(38)21(36)16(11-32)44-28)47-29-26(41)24(39)22(37)17(45-29)12-43-19(35)6-3-13-1-4-15(33)5-2-13/h1-9,16-18,20-29,31-34,36-41H,10-12H2/t16-,17-,18-,20+,21-,22-,23+,24+,25-,26-,27+,28+,29+,30-/m1/s1. The van der Waals surface area contributed by atoms with Crippen molar-refractivity contribution in [2.75, 3.05) is 19.8 Å². The van der Waals surface area contributed by atoms with Crippen molar-refractivity contribution in [2.24, 2.45) is 5.92 Å². The molecule has 4 aliphatic rings. The summed E-state index contributed by atoms with van der Waals surface area (Å²) in [4.78, 5) is 12.3. The molecule has 17 nitrogen and oxygen atoms in total. The van der Waals surface area contributed by atoms with Gasteiger partial charge in [0.25, 0.3) is 0 Å². The summed E-state index contributed by atoms with van der Waals surface area (Å²) >= 11 is 0. The molecule has 0 bridgehead atoms. The van der Waals surface area contributed by atoms with Gasteiger partial charge in [0.15, 0.2) is 12.6 Å². The van der Waals surface area contributed by atoms with Crippen molar-refractivity contribution in [1.29, 1.82) is 0 Å². The normalized spacial score (nSPS) is 41.7. The number of phenolic OH excluding ortho intramolecular Hbond substituents is 1. The zero-order valence-electron chi connectivity index (χ0n) is 24.7. The third kappa shape index (κ3) is 7.08. The second kappa shape index (κ2) is 14.6. The van der Waals surface area contributed by atoms with Crippen LogP contribution in [-0.2, 0) is 33.2 Å². The number of aliphatic hydroxyl groups is 9. The van der Waals surface area contributed by atoms with E-state index in [-0.39, 0.29) is 11.3 Å². The lowest BCUT2D eigenvalue weighted by molar-refractivity contribution is -0.362. The maximum absolute atomic E-state index is 12.3. The van der Waals surface area contributed by atoms with Gasteiger partial charge >= 0.3 is 5.97 Å². The second-order valence-electron chi connectivity index (χ2n) is 11.5. The zero-order chi connectivity index (χ0) is 34.0. The average Bonchev–Trinajstić information content (AvgIpc) is 3.35. The summed E-state index contributed by atoms with van der Waals surface area (Å²) in [5.41, 5.74) is -1.22. The molecular weight excluding hydrogens is 632 g/mol. The van der Waals surface area contributed by atoms with E-state index in [1.54, 1.807) is 12.1 Å². The summed E-state index contributed by atoms with van der Waals surface area (Å²) in [6.45, 7) is -1.97. The molecule has 47 heavy (non-hydrogen) atoms. The number of carbonyl (C=O) groups is 1. The van der Waals surface area contributed by atoms with Gasteiger partial charge < -0.3 is 79.5 Å². The van der Waals surface area contributed by atoms with E-state index in [0.29, 0.717) is 5.56 Å². The van der Waals surface area contributed by atoms with Crippen molar-refractivity contribution in [1.82, 2.24) is 0 Å². The molecule has 0 amide bonds. The molecule has 3 aliphatic heterocycles. The Bertz CT molecular complexity index is 1320. The van der Waals surface area contributed by atoms with Crippen LogP contribution in [0.2, 0.25) is 0 Å². The fourth-order valence-corrected chi connectivity index (χ4v) is 5.87. The second-order valence-corrected chi connectivity index (χ2v) is 11.5. The average molecular weight is 671 g/mol. The molecule has 1 aliphatic carbocycles. The minimum absolute atomic E-state index is 0.0399. The fourth-order valence-electron chi connectivity index (χ4n) is 5.87. The smallest absolute Gasteiger partial charge is 0.330 e. The number of benzene rings is 1. The predicted octanol–water partition coefficient (Wildman–Crippen LogP) is -3.89. The van der Waals surface area contributed by atoms with Crippen LogP contribution in [0, 0.1) is 5.92 Å². The van der Waals surface area contributed by atoms with Crippen LogP contribution in [0.1, 0.15) is 5.56 Å². The van der Waals surface area contributed by atoms with Crippen LogP contribution in [0.4, 0.5) is 0 Å². The first-order chi connectivity index (χ1) is 22.4. The molecule has 0 spiro atoms. The minimum atomic E-state index is -1.92. The molecule has 1 aromatic carbocycles. The highest BCUT2D eigenvalue weighted by atomic mass is 16.8. The Labute approximate surface area is 267 Å². The van der Waals surface area contributed by atoms with E-state index < -0.39 is 111 Å². The first-order valence-electron chi connectivity index (χ1n) is 14.7. The molecule has 14 atom stereocenters. The van der Waals surface area contributed by atoms with Crippen molar-refractivity contribution >= 4 is 12.0 Å². The lowest BCUT2D eigenvalue weighted by Crippen LogP contribution is -2.64. The van der Waals surface area contributed by atoms with Gasteiger partial charge in [0.1, 0.15) is 72.9 Å². The first-order valence-corrected chi connectivity index (χ1v) is 14.7. The topological polar surface area (TPSA) is 275 Å². The number of esters is 1. The first kappa shape index (κ1) is 35.3. The van der Waals surface area contributed by atoms with Gasteiger partial charge in [-0.3, -0.25) is 0 Å². The number of hydrogen-bond acceptors (Lipinski definition) is 17. The largest absolute Gasteiger partial charge is 0.508 e. The summed E-state index contributed by atoms with van der Waals surface area (Å²) < 4.78 is 33.7. The van der Waals surface area contributed by atoms with Crippen molar-refractivity contribution in [3.05, 3.63) is 59.9 Å². The quantitative estimate of drug-likeness (QED) is 0.0647. The Kier molecular flexibility index (Phi) is 11.0. The van der Waals surface area contributed by atoms with Crippen molar-refractivity contribution in [3.8, 4) is 5.75 Å². The summed E-state index contributed by atoms with van der Waals surface area (Å²) in [5, 5.41) is 103. The van der Waals surface area contributed by atoms with Crippen LogP contribution in [0.15, 0.2) is 54.3 Å². The molecule has 2 saturated heterocycles. The summed E-state index contributed by atoms with van der Waals surface area (Å²) in [7, 11) is 0. The number of fused-ring (bicyclic) bond motifs is 1. The molecule has 10 N–H and O–H groups in total. The maximum atomic E-state index is 12.3. The van der Waals surface area contributed by atoms with Crippen molar-refractivity contribution in [2.45, 2.75) is 79.4 Å². The van der Waals surface area contributed by atoms with Crippen LogP contribution < -0.4 is 0 Å². The monoisotopic (exact) mass is 670 g/mol. The zero-order valence-corrected chi connectivity index (χ0v) is 24.7. The molecule has 17 heteroatoms. The van der Waals surface area contributed by atoms with Gasteiger partial charge in [-0.05, 0) is 35.4 Å². The highest BCUT2D eigenvalue weighted by molar-refractivity contribution is 5.87. The number of ether oxygens (including phenoxy) is 6. The molecule has 5 rings (SSSR count). The van der Waals surface area contributed by atoms with Gasteiger partial charge in [-0.15, -0.1) is 0 Å². The molecule has 2 fully saturated rings. The van der Waals surface area contributed by atoms with Crippen LogP contribution in [0.3, 0.4) is 0 Å². The van der Waals surface area contributed by atoms with Crippen LogP contribution in [0.25, 0.3) is 6.08 Å². The number of carbonyl (C=O) groups excluding carboxylic acids is 1. The minimum Gasteiger partial charge on any atom is -0.508 e. The van der Waals surface area contributed by atoms with Gasteiger partial charge in [-0.25, -0.2) is 4.79 Å². The third-order valence-corrected chi connectivity index (χ3v) is 8.52. The Morgan fingerprint density at radius 2 is 1.47 bits per heavy atom. The third-order valence-electron chi connectivity index (χ3n) is 8.52. The Balaban J connectivity index is 1.31. The van der Waals surface area contributed by atoms with Gasteiger partial charge in [-0.1, -0.05) is 18.2 Å². The molecule has 1 aromatic rings. The highest BCUT2D eigenvalue weighted by Gasteiger charge is 2.60. The van der Waals surface area contributed by atoms with Crippen LogP contribution in [-0.4, -0.2) is 156 Å². The Morgan fingerprint density at radius 3 is 2.13 bits per heavy atom. The van der Waals surface area contributed by atoms with Crippen LogP contribution >= 0.6 is 0 Å². The highest BCUT2D eigenvalue weighted by Crippen LogP contribution is 2.48. The Morgan fingerprint density at radius 1 is 0.830 bits per heavy atom. The number of rotatable bonds is 10.